The number of ether oxygens (including phenoxy) is 3. The summed E-state index contributed by atoms with van der Waals surface area (Å²) in [7, 11) is 0. The quantitative estimate of drug-likeness (QED) is 0.0261. The first-order chi connectivity index (χ1) is 37.5. The fraction of sp³-hybridized carbons (Fsp3) is 0.729. The highest BCUT2D eigenvalue weighted by Gasteiger charge is 2.19. The maximum Gasteiger partial charge on any atom is 0.306 e. The van der Waals surface area contributed by atoms with Crippen molar-refractivity contribution in [3.05, 3.63) is 97.2 Å². The molecule has 0 aromatic heterocycles. The minimum absolute atomic E-state index is 0.0867. The Balaban J connectivity index is 4.38. The average Bonchev–Trinajstić information content (AvgIpc) is 3.42. The summed E-state index contributed by atoms with van der Waals surface area (Å²) < 4.78 is 16.9. The second-order valence-electron chi connectivity index (χ2n) is 21.3. The molecule has 0 fully saturated rings. The van der Waals surface area contributed by atoms with Crippen molar-refractivity contribution >= 4 is 17.9 Å². The second kappa shape index (κ2) is 63.9. The molecule has 0 radical (unpaired) electrons. The zero-order valence-electron chi connectivity index (χ0n) is 50.0. The SMILES string of the molecule is CC/C=C\C/C=C\C/C=C\C/C=C\C/C=C\C/C=C\C/C=C\CCCCCC(=O)OCC(COC(=O)CCCCCCCCCCCCCC)OC(=O)CCCCCCCCCCC/C=C\CCCCCCCCCC. The molecule has 76 heavy (non-hydrogen) atoms. The lowest BCUT2D eigenvalue weighted by atomic mass is 10.0. The van der Waals surface area contributed by atoms with Crippen molar-refractivity contribution in [3.8, 4) is 0 Å². The van der Waals surface area contributed by atoms with Crippen LogP contribution in [0.3, 0.4) is 0 Å². The first-order valence-electron chi connectivity index (χ1n) is 32.2. The molecule has 0 aromatic rings. The van der Waals surface area contributed by atoms with Gasteiger partial charge in [0.05, 0.1) is 0 Å². The van der Waals surface area contributed by atoms with Crippen molar-refractivity contribution < 1.29 is 28.6 Å². The van der Waals surface area contributed by atoms with Crippen molar-refractivity contribution in [1.82, 2.24) is 0 Å². The van der Waals surface area contributed by atoms with Gasteiger partial charge in [0.1, 0.15) is 13.2 Å². The van der Waals surface area contributed by atoms with Crippen LogP contribution < -0.4 is 0 Å². The highest BCUT2D eigenvalue weighted by molar-refractivity contribution is 5.71. The molecule has 0 aliphatic rings. The predicted molar refractivity (Wildman–Crippen MR) is 330 cm³/mol. The zero-order chi connectivity index (χ0) is 55.0. The highest BCUT2D eigenvalue weighted by atomic mass is 16.6. The molecule has 0 N–H and O–H groups in total. The van der Waals surface area contributed by atoms with Gasteiger partial charge >= 0.3 is 17.9 Å². The standard InChI is InChI=1S/C70H120O6/c1-4-7-10-13-16-19-22-25-27-29-31-33-34-35-36-38-39-41-43-45-48-51-54-57-60-63-69(72)75-66-67(65-74-68(71)62-59-56-53-50-47-24-21-18-15-12-9-6-3)76-70(73)64-61-58-55-52-49-46-44-42-40-37-32-30-28-26-23-20-17-14-11-8-5-2/h7,10,16,19,25,27,30-33,35-36,39,41,45,48,67H,4-6,8-9,11-15,17-18,20-24,26,28-29,34,37-38,40,42-44,46-47,49-66H2,1-3H3/b10-7-,19-16-,27-25-,32-30-,33-31-,36-35-,41-39-,48-45-. The van der Waals surface area contributed by atoms with E-state index in [1.807, 2.05) is 0 Å². The third kappa shape index (κ3) is 61.2. The molecule has 0 amide bonds. The van der Waals surface area contributed by atoms with Crippen molar-refractivity contribution in [2.75, 3.05) is 13.2 Å². The van der Waals surface area contributed by atoms with Crippen LogP contribution in [0.25, 0.3) is 0 Å². The van der Waals surface area contributed by atoms with E-state index in [-0.39, 0.29) is 31.1 Å². The summed E-state index contributed by atoms with van der Waals surface area (Å²) in [6, 6.07) is 0. The van der Waals surface area contributed by atoms with Crippen LogP contribution >= 0.6 is 0 Å². The predicted octanol–water partition coefficient (Wildman–Crippen LogP) is 22.0. The molecule has 0 saturated heterocycles. The maximum atomic E-state index is 12.9. The third-order valence-electron chi connectivity index (χ3n) is 13.8. The van der Waals surface area contributed by atoms with E-state index >= 15 is 0 Å². The Bertz CT molecular complexity index is 1490. The summed E-state index contributed by atoms with van der Waals surface area (Å²) in [6.45, 7) is 6.52. The summed E-state index contributed by atoms with van der Waals surface area (Å²) in [4.78, 5) is 38.3. The van der Waals surface area contributed by atoms with Crippen molar-refractivity contribution in [2.24, 2.45) is 0 Å². The van der Waals surface area contributed by atoms with E-state index in [0.29, 0.717) is 19.3 Å². The Kier molecular flexibility index (Phi) is 60.8. The maximum absolute atomic E-state index is 12.9. The molecule has 0 bridgehead atoms. The van der Waals surface area contributed by atoms with Gasteiger partial charge in [0.25, 0.3) is 0 Å². The van der Waals surface area contributed by atoms with Gasteiger partial charge in [-0.2, -0.15) is 0 Å². The summed E-state index contributed by atoms with van der Waals surface area (Å²) >= 11 is 0. The topological polar surface area (TPSA) is 78.9 Å². The molecule has 6 nitrogen and oxygen atoms in total. The molecule has 0 aliphatic carbocycles. The van der Waals surface area contributed by atoms with Crippen LogP contribution in [-0.4, -0.2) is 37.2 Å². The number of unbranched alkanes of at least 4 members (excludes halogenated alkanes) is 31. The number of carbonyl (C=O) groups is 3. The fourth-order valence-corrected chi connectivity index (χ4v) is 9.01. The summed E-state index contributed by atoms with van der Waals surface area (Å²) in [6.07, 6.45) is 85.5. The van der Waals surface area contributed by atoms with Gasteiger partial charge in [-0.05, 0) is 103 Å². The van der Waals surface area contributed by atoms with E-state index in [9.17, 15) is 14.4 Å². The molecule has 1 atom stereocenters. The molecule has 0 spiro atoms. The van der Waals surface area contributed by atoms with Gasteiger partial charge in [0.2, 0.25) is 0 Å². The largest absolute Gasteiger partial charge is 0.462 e. The van der Waals surface area contributed by atoms with Crippen LogP contribution in [0, 0.1) is 0 Å². The van der Waals surface area contributed by atoms with Gasteiger partial charge in [0.15, 0.2) is 6.10 Å². The summed E-state index contributed by atoms with van der Waals surface area (Å²) in [5.74, 6) is -0.913. The summed E-state index contributed by atoms with van der Waals surface area (Å²) in [5, 5.41) is 0. The fourth-order valence-electron chi connectivity index (χ4n) is 9.01. The van der Waals surface area contributed by atoms with E-state index in [0.717, 1.165) is 109 Å². The highest BCUT2D eigenvalue weighted by Crippen LogP contribution is 2.16. The number of allylic oxidation sites excluding steroid dienone is 16. The lowest BCUT2D eigenvalue weighted by Crippen LogP contribution is -2.30. The van der Waals surface area contributed by atoms with E-state index in [4.69, 9.17) is 14.2 Å². The molecule has 6 heteroatoms. The van der Waals surface area contributed by atoms with Gasteiger partial charge < -0.3 is 14.2 Å². The normalized spacial score (nSPS) is 12.7. The monoisotopic (exact) mass is 1060 g/mol. The zero-order valence-corrected chi connectivity index (χ0v) is 50.0. The van der Waals surface area contributed by atoms with Crippen LogP contribution in [-0.2, 0) is 28.6 Å². The van der Waals surface area contributed by atoms with Crippen molar-refractivity contribution in [3.63, 3.8) is 0 Å². The minimum atomic E-state index is -0.793. The molecular formula is C70H120O6. The van der Waals surface area contributed by atoms with Gasteiger partial charge in [-0.15, -0.1) is 0 Å². The lowest BCUT2D eigenvalue weighted by molar-refractivity contribution is -0.167. The number of hydrogen-bond donors (Lipinski definition) is 0. The van der Waals surface area contributed by atoms with Crippen molar-refractivity contribution in [2.45, 2.75) is 316 Å². The van der Waals surface area contributed by atoms with E-state index in [2.05, 4.69) is 118 Å². The Morgan fingerprint density at radius 1 is 0.276 bits per heavy atom. The average molecular weight is 1060 g/mol. The van der Waals surface area contributed by atoms with Gasteiger partial charge in [-0.25, -0.2) is 0 Å². The Morgan fingerprint density at radius 3 is 0.829 bits per heavy atom. The molecule has 436 valence electrons. The molecular weight excluding hydrogens is 937 g/mol. The molecule has 0 aromatic carbocycles. The molecule has 0 heterocycles. The van der Waals surface area contributed by atoms with Gasteiger partial charge in [-0.1, -0.05) is 285 Å². The van der Waals surface area contributed by atoms with E-state index in [1.54, 1.807) is 0 Å². The van der Waals surface area contributed by atoms with Gasteiger partial charge in [-0.3, -0.25) is 14.4 Å². The summed E-state index contributed by atoms with van der Waals surface area (Å²) in [5.41, 5.74) is 0. The number of rotatable bonds is 58. The molecule has 1 unspecified atom stereocenters. The third-order valence-corrected chi connectivity index (χ3v) is 13.8. The number of esters is 3. The smallest absolute Gasteiger partial charge is 0.306 e. The van der Waals surface area contributed by atoms with Crippen LogP contribution in [0.4, 0.5) is 0 Å². The van der Waals surface area contributed by atoms with Crippen LogP contribution in [0.15, 0.2) is 97.2 Å². The molecule has 0 rings (SSSR count). The van der Waals surface area contributed by atoms with Crippen LogP contribution in [0.5, 0.6) is 0 Å². The second-order valence-corrected chi connectivity index (χ2v) is 21.3. The Labute approximate surface area is 470 Å². The van der Waals surface area contributed by atoms with Crippen molar-refractivity contribution in [1.29, 1.82) is 0 Å². The Morgan fingerprint density at radius 2 is 0.513 bits per heavy atom. The first kappa shape index (κ1) is 72.3. The Hall–Kier alpha value is -3.67. The van der Waals surface area contributed by atoms with E-state index in [1.165, 1.54) is 161 Å². The number of hydrogen-bond acceptors (Lipinski definition) is 6. The molecule has 0 saturated carbocycles. The number of carbonyl (C=O) groups excluding carboxylic acids is 3. The van der Waals surface area contributed by atoms with E-state index < -0.39 is 6.10 Å². The first-order valence-corrected chi connectivity index (χ1v) is 32.2. The molecule has 0 aliphatic heterocycles. The lowest BCUT2D eigenvalue weighted by Gasteiger charge is -2.18. The van der Waals surface area contributed by atoms with Crippen LogP contribution in [0.2, 0.25) is 0 Å². The van der Waals surface area contributed by atoms with Crippen LogP contribution in [0.1, 0.15) is 310 Å². The minimum Gasteiger partial charge on any atom is -0.462 e. The van der Waals surface area contributed by atoms with Gasteiger partial charge in [0, 0.05) is 19.3 Å².